The summed E-state index contributed by atoms with van der Waals surface area (Å²) in [5, 5.41) is 4.68. The van der Waals surface area contributed by atoms with Crippen molar-refractivity contribution in [2.45, 2.75) is 33.1 Å². The average molecular weight is 506 g/mol. The van der Waals surface area contributed by atoms with Crippen LogP contribution in [0.1, 0.15) is 48.1 Å². The minimum Gasteiger partial charge on any atom is -0.574 e. The van der Waals surface area contributed by atoms with E-state index in [1.807, 2.05) is 0 Å². The van der Waals surface area contributed by atoms with Crippen molar-refractivity contribution >= 4 is 17.0 Å². The number of nitrogens with zero attached hydrogens (tertiary/aromatic N) is 3. The molecule has 0 radical (unpaired) electrons. The van der Waals surface area contributed by atoms with Gasteiger partial charge in [0.25, 0.3) is 0 Å². The van der Waals surface area contributed by atoms with Gasteiger partial charge in [0.05, 0.1) is 5.57 Å². The third kappa shape index (κ3) is 3.97. The first-order valence-electron chi connectivity index (χ1n) is 13.9. The molecule has 0 unspecified atom stereocenters. The maximum absolute atomic E-state index is 4.69. The molecule has 3 aliphatic rings. The first-order valence-corrected chi connectivity index (χ1v) is 13.9. The molecule has 1 aliphatic carbocycles. The second-order valence-electron chi connectivity index (χ2n) is 10.6. The SMILES string of the molecule is CC1=N[N-]C(C)=C([N+]2=C(CCc3ccccc3)c3ccccc3CC2)C1=C1c2ccccc2-c2ccccc21. The second-order valence-corrected chi connectivity index (χ2v) is 10.6. The molecule has 0 atom stereocenters. The summed E-state index contributed by atoms with van der Waals surface area (Å²) in [6, 6.07) is 37.3. The number of allylic oxidation sites excluding steroid dienone is 2. The molecular weight excluding hydrogens is 474 g/mol. The third-order valence-electron chi connectivity index (χ3n) is 8.25. The van der Waals surface area contributed by atoms with E-state index in [1.165, 1.54) is 61.5 Å². The van der Waals surface area contributed by atoms with Gasteiger partial charge in [-0.3, -0.25) is 0 Å². The summed E-state index contributed by atoms with van der Waals surface area (Å²) >= 11 is 0. The monoisotopic (exact) mass is 505 g/mol. The van der Waals surface area contributed by atoms with Gasteiger partial charge in [-0.1, -0.05) is 110 Å². The molecule has 190 valence electrons. The number of rotatable bonds is 4. The molecular formula is C36H31N3. The van der Waals surface area contributed by atoms with Gasteiger partial charge < -0.3 is 10.5 Å². The molecule has 0 spiro atoms. The molecule has 2 heterocycles. The first kappa shape index (κ1) is 23.6. The maximum atomic E-state index is 4.69. The standard InChI is InChI=1S/C36H31N3/c1-24-34(35-31-18-10-8-16-29(31)30-17-9-11-19-32(30)35)36(25(2)38-37-24)39-23-22-27-14-6-7-15-28(27)33(39)21-20-26-12-4-3-5-13-26/h3-19H,20-23H2,1-2H3. The molecule has 3 nitrogen and oxygen atoms in total. The van der Waals surface area contributed by atoms with Crippen molar-refractivity contribution in [2.75, 3.05) is 6.54 Å². The Morgan fingerprint density at radius 1 is 0.641 bits per heavy atom. The molecule has 39 heavy (non-hydrogen) atoms. The summed E-state index contributed by atoms with van der Waals surface area (Å²) in [6.45, 7) is 5.16. The molecule has 3 heteroatoms. The van der Waals surface area contributed by atoms with Crippen LogP contribution in [0.5, 0.6) is 0 Å². The molecule has 2 aliphatic heterocycles. The first-order chi connectivity index (χ1) is 19.2. The Morgan fingerprint density at radius 2 is 1.23 bits per heavy atom. The molecule has 7 rings (SSSR count). The minimum absolute atomic E-state index is 0.927. The fourth-order valence-electron chi connectivity index (χ4n) is 6.47. The summed E-state index contributed by atoms with van der Waals surface area (Å²) in [7, 11) is 0. The van der Waals surface area contributed by atoms with Crippen molar-refractivity contribution in [1.29, 1.82) is 0 Å². The Balaban J connectivity index is 1.47. The predicted molar refractivity (Wildman–Crippen MR) is 161 cm³/mol. The maximum Gasteiger partial charge on any atom is 0.197 e. The Morgan fingerprint density at radius 3 is 1.92 bits per heavy atom. The zero-order valence-corrected chi connectivity index (χ0v) is 22.5. The van der Waals surface area contributed by atoms with Crippen LogP contribution in [0.2, 0.25) is 0 Å². The van der Waals surface area contributed by atoms with E-state index < -0.39 is 0 Å². The van der Waals surface area contributed by atoms with E-state index in [2.05, 4.69) is 132 Å². The van der Waals surface area contributed by atoms with Gasteiger partial charge in [0.1, 0.15) is 0 Å². The van der Waals surface area contributed by atoms with Gasteiger partial charge in [-0.25, -0.2) is 0 Å². The second kappa shape index (κ2) is 9.67. The summed E-state index contributed by atoms with van der Waals surface area (Å²) in [6.07, 6.45) is 2.96. The van der Waals surface area contributed by atoms with E-state index >= 15 is 0 Å². The number of aryl methyl sites for hydroxylation is 1. The molecule has 0 amide bonds. The van der Waals surface area contributed by atoms with Crippen molar-refractivity contribution in [1.82, 2.24) is 0 Å². The summed E-state index contributed by atoms with van der Waals surface area (Å²) in [4.78, 5) is 0. The van der Waals surface area contributed by atoms with Crippen LogP contribution >= 0.6 is 0 Å². The lowest BCUT2D eigenvalue weighted by Gasteiger charge is -2.31. The Hall–Kier alpha value is -4.50. The Labute approximate surface area is 230 Å². The van der Waals surface area contributed by atoms with Crippen LogP contribution in [0, 0.1) is 0 Å². The topological polar surface area (TPSA) is 29.5 Å². The average Bonchev–Trinajstić information content (AvgIpc) is 3.31. The third-order valence-corrected chi connectivity index (χ3v) is 8.25. The van der Waals surface area contributed by atoms with E-state index in [0.29, 0.717) is 0 Å². The van der Waals surface area contributed by atoms with Gasteiger partial charge >= 0.3 is 0 Å². The zero-order chi connectivity index (χ0) is 26.3. The van der Waals surface area contributed by atoms with Gasteiger partial charge in [0.2, 0.25) is 0 Å². The molecule has 0 fully saturated rings. The van der Waals surface area contributed by atoms with Crippen molar-refractivity contribution in [3.8, 4) is 11.1 Å². The van der Waals surface area contributed by atoms with Gasteiger partial charge in [-0.15, -0.1) is 0 Å². The highest BCUT2D eigenvalue weighted by atomic mass is 15.3. The summed E-state index contributed by atoms with van der Waals surface area (Å²) < 4.78 is 2.56. The van der Waals surface area contributed by atoms with Crippen LogP contribution in [-0.2, 0) is 12.8 Å². The Bertz CT molecular complexity index is 1690. The van der Waals surface area contributed by atoms with Crippen molar-refractivity contribution in [3.05, 3.63) is 153 Å². The van der Waals surface area contributed by atoms with Gasteiger partial charge in [0.15, 0.2) is 18.0 Å². The van der Waals surface area contributed by atoms with E-state index in [1.54, 1.807) is 0 Å². The van der Waals surface area contributed by atoms with Crippen LogP contribution in [-0.4, -0.2) is 22.5 Å². The van der Waals surface area contributed by atoms with Gasteiger partial charge in [0, 0.05) is 29.7 Å². The largest absolute Gasteiger partial charge is 0.574 e. The highest BCUT2D eigenvalue weighted by Gasteiger charge is 2.36. The molecule has 0 aromatic heterocycles. The fraction of sp³-hybridized carbons (Fsp3) is 0.167. The lowest BCUT2D eigenvalue weighted by Crippen LogP contribution is -2.33. The van der Waals surface area contributed by atoms with Crippen molar-refractivity contribution in [3.63, 3.8) is 0 Å². The van der Waals surface area contributed by atoms with Crippen LogP contribution in [0.4, 0.5) is 0 Å². The van der Waals surface area contributed by atoms with Crippen LogP contribution < -0.4 is 0 Å². The smallest absolute Gasteiger partial charge is 0.197 e. The Kier molecular flexibility index (Phi) is 5.85. The van der Waals surface area contributed by atoms with E-state index in [0.717, 1.165) is 37.2 Å². The lowest BCUT2D eigenvalue weighted by molar-refractivity contribution is -0.475. The molecule has 0 saturated carbocycles. The summed E-state index contributed by atoms with van der Waals surface area (Å²) in [5.74, 6) is 0. The highest BCUT2D eigenvalue weighted by Crippen LogP contribution is 2.48. The minimum atomic E-state index is 0.927. The van der Waals surface area contributed by atoms with Crippen LogP contribution in [0.3, 0.4) is 0 Å². The number of hydrogen-bond acceptors (Lipinski definition) is 1. The van der Waals surface area contributed by atoms with E-state index in [-0.39, 0.29) is 0 Å². The van der Waals surface area contributed by atoms with Crippen LogP contribution in [0.15, 0.2) is 125 Å². The quantitative estimate of drug-likeness (QED) is 0.221. The lowest BCUT2D eigenvalue weighted by atomic mass is 9.88. The van der Waals surface area contributed by atoms with Gasteiger partial charge in [-0.05, 0) is 52.8 Å². The van der Waals surface area contributed by atoms with E-state index in [9.17, 15) is 0 Å². The normalized spacial score (nSPS) is 16.0. The molecule has 0 N–H and O–H groups in total. The van der Waals surface area contributed by atoms with E-state index in [4.69, 9.17) is 0 Å². The number of benzene rings is 4. The summed E-state index contributed by atoms with van der Waals surface area (Å²) in [5.41, 5.74) is 21.0. The zero-order valence-electron chi connectivity index (χ0n) is 22.5. The van der Waals surface area contributed by atoms with Crippen LogP contribution in [0.25, 0.3) is 22.1 Å². The van der Waals surface area contributed by atoms with Crippen molar-refractivity contribution in [2.24, 2.45) is 5.10 Å². The highest BCUT2D eigenvalue weighted by molar-refractivity contribution is 6.16. The molecule has 4 aromatic rings. The molecule has 0 bridgehead atoms. The number of hydrogen-bond donors (Lipinski definition) is 0. The molecule has 4 aromatic carbocycles. The predicted octanol–water partition coefficient (Wildman–Crippen LogP) is 8.15. The number of fused-ring (bicyclic) bond motifs is 4. The van der Waals surface area contributed by atoms with Crippen molar-refractivity contribution < 1.29 is 4.58 Å². The fourth-order valence-corrected chi connectivity index (χ4v) is 6.47. The molecule has 0 saturated heterocycles. The van der Waals surface area contributed by atoms with Gasteiger partial charge in [-0.2, -0.15) is 4.58 Å².